The van der Waals surface area contributed by atoms with E-state index in [1.54, 1.807) is 6.20 Å². The lowest BCUT2D eigenvalue weighted by Crippen LogP contribution is -2.40. The van der Waals surface area contributed by atoms with Crippen molar-refractivity contribution in [2.45, 2.75) is 6.42 Å². The molecule has 0 fully saturated rings. The second-order valence-corrected chi connectivity index (χ2v) is 5.23. The average Bonchev–Trinajstić information content (AvgIpc) is 2.49. The van der Waals surface area contributed by atoms with E-state index in [0.717, 1.165) is 37.4 Å². The molecule has 2 N–H and O–H groups in total. The van der Waals surface area contributed by atoms with Gasteiger partial charge < -0.3 is 15.5 Å². The van der Waals surface area contributed by atoms with E-state index in [1.807, 2.05) is 12.1 Å². The van der Waals surface area contributed by atoms with E-state index in [4.69, 9.17) is 5.73 Å². The smallest absolute Gasteiger partial charge is 0.0604 e. The monoisotopic (exact) mass is 268 g/mol. The summed E-state index contributed by atoms with van der Waals surface area (Å²) in [5.41, 5.74) is 10.1. The molecule has 0 atom stereocenters. The Kier molecular flexibility index (Phi) is 3.46. The normalized spacial score (nSPS) is 14.2. The standard InChI is InChI=1S/C16H20N4/c1-19-10-11-20(16-5-3-2-4-15(16)19)9-8-14-7-6-13(17)12-18-14/h2-7,12H,8-11,17H2,1H3. The first-order valence-electron chi connectivity index (χ1n) is 6.99. The van der Waals surface area contributed by atoms with Gasteiger partial charge in [-0.25, -0.2) is 0 Å². The van der Waals surface area contributed by atoms with Crippen LogP contribution in [0.5, 0.6) is 0 Å². The van der Waals surface area contributed by atoms with Crippen LogP contribution in [-0.2, 0) is 6.42 Å². The van der Waals surface area contributed by atoms with Crippen LogP contribution in [0.4, 0.5) is 17.1 Å². The first kappa shape index (κ1) is 12.8. The van der Waals surface area contributed by atoms with E-state index in [0.29, 0.717) is 0 Å². The molecule has 104 valence electrons. The molecule has 0 spiro atoms. The summed E-state index contributed by atoms with van der Waals surface area (Å²) in [6.07, 6.45) is 2.67. The molecular weight excluding hydrogens is 248 g/mol. The molecule has 0 unspecified atom stereocenters. The second-order valence-electron chi connectivity index (χ2n) is 5.23. The molecule has 0 saturated heterocycles. The van der Waals surface area contributed by atoms with Gasteiger partial charge in [0.1, 0.15) is 0 Å². The van der Waals surface area contributed by atoms with Gasteiger partial charge in [0.15, 0.2) is 0 Å². The number of anilines is 3. The Hall–Kier alpha value is -2.23. The van der Waals surface area contributed by atoms with Crippen molar-refractivity contribution < 1.29 is 0 Å². The molecule has 4 nitrogen and oxygen atoms in total. The van der Waals surface area contributed by atoms with Gasteiger partial charge in [0.2, 0.25) is 0 Å². The van der Waals surface area contributed by atoms with Gasteiger partial charge in [-0.3, -0.25) is 4.98 Å². The minimum Gasteiger partial charge on any atom is -0.397 e. The van der Waals surface area contributed by atoms with Gasteiger partial charge in [0.25, 0.3) is 0 Å². The summed E-state index contributed by atoms with van der Waals surface area (Å²) >= 11 is 0. The Morgan fingerprint density at radius 1 is 1.10 bits per heavy atom. The van der Waals surface area contributed by atoms with Crippen LogP contribution >= 0.6 is 0 Å². The molecule has 1 aromatic heterocycles. The molecule has 0 aliphatic carbocycles. The number of benzene rings is 1. The molecule has 2 heterocycles. The van der Waals surface area contributed by atoms with Crippen LogP contribution in [0.25, 0.3) is 0 Å². The highest BCUT2D eigenvalue weighted by Crippen LogP contribution is 2.31. The van der Waals surface area contributed by atoms with Crippen molar-refractivity contribution in [2.24, 2.45) is 0 Å². The molecule has 20 heavy (non-hydrogen) atoms. The number of likely N-dealkylation sites (N-methyl/N-ethyl adjacent to an activating group) is 1. The van der Waals surface area contributed by atoms with Gasteiger partial charge >= 0.3 is 0 Å². The molecule has 0 radical (unpaired) electrons. The largest absolute Gasteiger partial charge is 0.397 e. The van der Waals surface area contributed by atoms with Crippen LogP contribution in [-0.4, -0.2) is 31.7 Å². The number of nitrogen functional groups attached to an aromatic ring is 1. The summed E-state index contributed by atoms with van der Waals surface area (Å²) in [7, 11) is 2.15. The zero-order valence-corrected chi connectivity index (χ0v) is 11.8. The third kappa shape index (κ3) is 2.54. The molecule has 0 amide bonds. The number of nitrogens with zero attached hydrogens (tertiary/aromatic N) is 3. The summed E-state index contributed by atoms with van der Waals surface area (Å²) in [4.78, 5) is 9.12. The molecule has 3 rings (SSSR count). The topological polar surface area (TPSA) is 45.4 Å². The maximum atomic E-state index is 5.67. The van der Waals surface area contributed by atoms with Crippen LogP contribution in [0.15, 0.2) is 42.6 Å². The van der Waals surface area contributed by atoms with Gasteiger partial charge in [-0.05, 0) is 24.3 Å². The number of rotatable bonds is 3. The predicted molar refractivity (Wildman–Crippen MR) is 84.3 cm³/mol. The van der Waals surface area contributed by atoms with E-state index >= 15 is 0 Å². The van der Waals surface area contributed by atoms with Crippen LogP contribution in [0.2, 0.25) is 0 Å². The third-order valence-electron chi connectivity index (χ3n) is 3.82. The first-order valence-corrected chi connectivity index (χ1v) is 6.99. The van der Waals surface area contributed by atoms with Crippen LogP contribution < -0.4 is 15.5 Å². The molecule has 4 heteroatoms. The summed E-state index contributed by atoms with van der Waals surface area (Å²) < 4.78 is 0. The number of fused-ring (bicyclic) bond motifs is 1. The lowest BCUT2D eigenvalue weighted by Gasteiger charge is -2.37. The van der Waals surface area contributed by atoms with Crippen molar-refractivity contribution in [1.29, 1.82) is 0 Å². The van der Waals surface area contributed by atoms with Gasteiger partial charge in [-0.15, -0.1) is 0 Å². The van der Waals surface area contributed by atoms with Gasteiger partial charge in [-0.1, -0.05) is 12.1 Å². The highest BCUT2D eigenvalue weighted by Gasteiger charge is 2.19. The highest BCUT2D eigenvalue weighted by molar-refractivity contribution is 5.73. The van der Waals surface area contributed by atoms with Gasteiger partial charge in [-0.2, -0.15) is 0 Å². The van der Waals surface area contributed by atoms with Crippen molar-refractivity contribution in [2.75, 3.05) is 42.2 Å². The Labute approximate surface area is 119 Å². The van der Waals surface area contributed by atoms with Gasteiger partial charge in [0.05, 0.1) is 23.3 Å². The van der Waals surface area contributed by atoms with Crippen molar-refractivity contribution in [3.05, 3.63) is 48.3 Å². The fourth-order valence-corrected chi connectivity index (χ4v) is 2.63. The Bertz CT molecular complexity index is 579. The van der Waals surface area contributed by atoms with E-state index in [-0.39, 0.29) is 0 Å². The molecule has 2 aromatic rings. The van der Waals surface area contributed by atoms with Crippen molar-refractivity contribution in [3.8, 4) is 0 Å². The van der Waals surface area contributed by atoms with Crippen molar-refractivity contribution >= 4 is 17.1 Å². The maximum absolute atomic E-state index is 5.67. The molecular formula is C16H20N4. The number of hydrogen-bond acceptors (Lipinski definition) is 4. The fourth-order valence-electron chi connectivity index (χ4n) is 2.63. The molecule has 0 saturated carbocycles. The zero-order chi connectivity index (χ0) is 13.9. The first-order chi connectivity index (χ1) is 9.74. The number of para-hydroxylation sites is 2. The number of pyridine rings is 1. The fraction of sp³-hybridized carbons (Fsp3) is 0.312. The highest BCUT2D eigenvalue weighted by atomic mass is 15.2. The van der Waals surface area contributed by atoms with Crippen LogP contribution in [0.3, 0.4) is 0 Å². The number of aromatic nitrogens is 1. The minimum absolute atomic E-state index is 0.721. The van der Waals surface area contributed by atoms with E-state index < -0.39 is 0 Å². The Morgan fingerprint density at radius 2 is 1.90 bits per heavy atom. The van der Waals surface area contributed by atoms with E-state index in [2.05, 4.69) is 46.1 Å². The average molecular weight is 268 g/mol. The van der Waals surface area contributed by atoms with E-state index in [1.165, 1.54) is 11.4 Å². The summed E-state index contributed by atoms with van der Waals surface area (Å²) in [5, 5.41) is 0. The van der Waals surface area contributed by atoms with Crippen molar-refractivity contribution in [3.63, 3.8) is 0 Å². The SMILES string of the molecule is CN1CCN(CCc2ccc(N)cn2)c2ccccc21. The molecule has 1 aliphatic rings. The molecule has 1 aliphatic heterocycles. The van der Waals surface area contributed by atoms with Crippen molar-refractivity contribution in [1.82, 2.24) is 4.98 Å². The van der Waals surface area contributed by atoms with Crippen LogP contribution in [0.1, 0.15) is 5.69 Å². The zero-order valence-electron chi connectivity index (χ0n) is 11.8. The maximum Gasteiger partial charge on any atom is 0.0604 e. The predicted octanol–water partition coefficient (Wildman–Crippen LogP) is 2.16. The number of nitrogens with two attached hydrogens (primary N) is 1. The summed E-state index contributed by atoms with van der Waals surface area (Å²) in [6.45, 7) is 3.11. The number of hydrogen-bond donors (Lipinski definition) is 1. The second kappa shape index (κ2) is 5.41. The Morgan fingerprint density at radius 3 is 2.65 bits per heavy atom. The van der Waals surface area contributed by atoms with Gasteiger partial charge in [0, 0.05) is 38.8 Å². The lowest BCUT2D eigenvalue weighted by atomic mass is 10.1. The quantitative estimate of drug-likeness (QED) is 0.926. The van der Waals surface area contributed by atoms with Crippen LogP contribution in [0, 0.1) is 0 Å². The summed E-state index contributed by atoms with van der Waals surface area (Å²) in [5.74, 6) is 0. The molecule has 0 bridgehead atoms. The Balaban J connectivity index is 1.72. The lowest BCUT2D eigenvalue weighted by molar-refractivity contribution is 0.722. The summed E-state index contributed by atoms with van der Waals surface area (Å²) in [6, 6.07) is 12.5. The third-order valence-corrected chi connectivity index (χ3v) is 3.82. The minimum atomic E-state index is 0.721. The molecule has 1 aromatic carbocycles. The van der Waals surface area contributed by atoms with E-state index in [9.17, 15) is 0 Å².